The summed E-state index contributed by atoms with van der Waals surface area (Å²) in [5.41, 5.74) is 0.0153. The third kappa shape index (κ3) is 4.09. The molecule has 0 aliphatic heterocycles. The number of aromatic amines is 2. The predicted octanol–water partition coefficient (Wildman–Crippen LogP) is 1.75. The van der Waals surface area contributed by atoms with Crippen LogP contribution >= 0.6 is 0 Å². The molecule has 0 bridgehead atoms. The van der Waals surface area contributed by atoms with Crippen molar-refractivity contribution in [3.8, 4) is 0 Å². The molecule has 0 saturated carbocycles. The third-order valence-electron chi connectivity index (χ3n) is 2.68. The molecule has 5 heteroatoms. The van der Waals surface area contributed by atoms with Crippen LogP contribution < -0.4 is 5.69 Å². The van der Waals surface area contributed by atoms with E-state index in [0.717, 1.165) is 38.8 Å². The molecule has 1 heterocycles. The lowest BCUT2D eigenvalue weighted by atomic mass is 10.2. The van der Waals surface area contributed by atoms with Crippen LogP contribution in [0.2, 0.25) is 0 Å². The molecular weight excluding hydrogens is 218 g/mol. The molecular formula is C12H21N3O2. The van der Waals surface area contributed by atoms with E-state index in [-0.39, 0.29) is 11.6 Å². The Morgan fingerprint density at radius 3 is 2.24 bits per heavy atom. The van der Waals surface area contributed by atoms with E-state index < -0.39 is 0 Å². The van der Waals surface area contributed by atoms with Crippen molar-refractivity contribution in [2.75, 3.05) is 13.1 Å². The maximum Gasteiger partial charge on any atom is 0.323 e. The highest BCUT2D eigenvalue weighted by molar-refractivity contribution is 5.92. The van der Waals surface area contributed by atoms with Crippen LogP contribution in [0, 0.1) is 0 Å². The fraction of sp³-hybridized carbons (Fsp3) is 0.667. The first-order chi connectivity index (χ1) is 8.19. The van der Waals surface area contributed by atoms with E-state index in [1.807, 2.05) is 4.90 Å². The number of hydrogen-bond donors (Lipinski definition) is 2. The maximum absolute atomic E-state index is 12.1. The zero-order valence-electron chi connectivity index (χ0n) is 10.6. The summed E-state index contributed by atoms with van der Waals surface area (Å²) in [5, 5.41) is 0. The average Bonchev–Trinajstić information content (AvgIpc) is 2.75. The summed E-state index contributed by atoms with van der Waals surface area (Å²) >= 11 is 0. The van der Waals surface area contributed by atoms with Gasteiger partial charge >= 0.3 is 5.69 Å². The van der Waals surface area contributed by atoms with Crippen molar-refractivity contribution in [2.24, 2.45) is 0 Å². The summed E-state index contributed by atoms with van der Waals surface area (Å²) in [4.78, 5) is 29.8. The number of imidazole rings is 1. The number of carbonyl (C=O) groups is 1. The second-order valence-electron chi connectivity index (χ2n) is 4.16. The second-order valence-corrected chi connectivity index (χ2v) is 4.16. The van der Waals surface area contributed by atoms with Crippen molar-refractivity contribution in [3.05, 3.63) is 22.4 Å². The Hall–Kier alpha value is -1.52. The summed E-state index contributed by atoms with van der Waals surface area (Å²) in [6.07, 6.45) is 5.53. The molecule has 0 aliphatic rings. The fourth-order valence-corrected chi connectivity index (χ4v) is 1.63. The van der Waals surface area contributed by atoms with Gasteiger partial charge in [-0.2, -0.15) is 0 Å². The van der Waals surface area contributed by atoms with Gasteiger partial charge in [0, 0.05) is 19.3 Å². The SMILES string of the molecule is CCCCN(CCCC)C(=O)c1c[nH]c(=O)[nH]1. The van der Waals surface area contributed by atoms with Gasteiger partial charge in [-0.1, -0.05) is 26.7 Å². The van der Waals surface area contributed by atoms with Crippen LogP contribution in [0.15, 0.2) is 11.0 Å². The van der Waals surface area contributed by atoms with Crippen molar-refractivity contribution >= 4 is 5.91 Å². The van der Waals surface area contributed by atoms with Crippen molar-refractivity contribution in [1.82, 2.24) is 14.9 Å². The highest BCUT2D eigenvalue weighted by Crippen LogP contribution is 2.04. The van der Waals surface area contributed by atoms with Crippen LogP contribution in [-0.2, 0) is 0 Å². The van der Waals surface area contributed by atoms with E-state index in [1.54, 1.807) is 0 Å². The van der Waals surface area contributed by atoms with E-state index in [2.05, 4.69) is 23.8 Å². The monoisotopic (exact) mass is 239 g/mol. The number of H-pyrrole nitrogens is 2. The third-order valence-corrected chi connectivity index (χ3v) is 2.68. The van der Waals surface area contributed by atoms with Gasteiger partial charge in [0.15, 0.2) is 0 Å². The predicted molar refractivity (Wildman–Crippen MR) is 67.1 cm³/mol. The number of unbranched alkanes of at least 4 members (excludes halogenated alkanes) is 2. The zero-order chi connectivity index (χ0) is 12.7. The smallest absolute Gasteiger partial charge is 0.323 e. The van der Waals surface area contributed by atoms with Gasteiger partial charge in [0.2, 0.25) is 0 Å². The van der Waals surface area contributed by atoms with Crippen LogP contribution in [0.25, 0.3) is 0 Å². The van der Waals surface area contributed by atoms with Gasteiger partial charge in [-0.25, -0.2) is 4.79 Å². The van der Waals surface area contributed by atoms with Crippen molar-refractivity contribution in [2.45, 2.75) is 39.5 Å². The number of aromatic nitrogens is 2. The summed E-state index contributed by atoms with van der Waals surface area (Å²) in [6, 6.07) is 0. The van der Waals surface area contributed by atoms with Gasteiger partial charge in [-0.05, 0) is 12.8 Å². The minimum atomic E-state index is -0.334. The highest BCUT2D eigenvalue weighted by Gasteiger charge is 2.16. The summed E-state index contributed by atoms with van der Waals surface area (Å²) in [7, 11) is 0. The molecule has 1 rings (SSSR count). The first kappa shape index (κ1) is 13.5. The molecule has 1 amide bonds. The Balaban J connectivity index is 2.67. The van der Waals surface area contributed by atoms with Crippen LogP contribution in [0.3, 0.4) is 0 Å². The highest BCUT2D eigenvalue weighted by atomic mass is 16.2. The molecule has 1 aromatic heterocycles. The molecule has 0 aliphatic carbocycles. The molecule has 0 unspecified atom stereocenters. The molecule has 0 aromatic carbocycles. The van der Waals surface area contributed by atoms with Gasteiger partial charge in [0.1, 0.15) is 5.69 Å². The van der Waals surface area contributed by atoms with Crippen LogP contribution in [0.5, 0.6) is 0 Å². The van der Waals surface area contributed by atoms with Crippen molar-refractivity contribution in [1.29, 1.82) is 0 Å². The molecule has 2 N–H and O–H groups in total. The van der Waals surface area contributed by atoms with Crippen LogP contribution in [0.1, 0.15) is 50.0 Å². The lowest BCUT2D eigenvalue weighted by Gasteiger charge is -2.21. The first-order valence-electron chi connectivity index (χ1n) is 6.26. The molecule has 0 saturated heterocycles. The van der Waals surface area contributed by atoms with E-state index >= 15 is 0 Å². The average molecular weight is 239 g/mol. The van der Waals surface area contributed by atoms with Gasteiger partial charge in [0.25, 0.3) is 5.91 Å². The van der Waals surface area contributed by atoms with Gasteiger partial charge in [-0.3, -0.25) is 4.79 Å². The largest absolute Gasteiger partial charge is 0.337 e. The van der Waals surface area contributed by atoms with Gasteiger partial charge < -0.3 is 14.9 Å². The summed E-state index contributed by atoms with van der Waals surface area (Å²) in [5.74, 6) is -0.0924. The molecule has 0 fully saturated rings. The standard InChI is InChI=1S/C12H21N3O2/c1-3-5-7-15(8-6-4-2)11(16)10-9-13-12(17)14-10/h9H,3-8H2,1-2H3,(H2,13,14,17). The maximum atomic E-state index is 12.1. The first-order valence-corrected chi connectivity index (χ1v) is 6.26. The van der Waals surface area contributed by atoms with Gasteiger partial charge in [0.05, 0.1) is 0 Å². The molecule has 96 valence electrons. The van der Waals surface area contributed by atoms with Crippen molar-refractivity contribution < 1.29 is 4.79 Å². The number of nitrogens with one attached hydrogen (secondary N) is 2. The van der Waals surface area contributed by atoms with E-state index in [4.69, 9.17) is 0 Å². The number of hydrogen-bond acceptors (Lipinski definition) is 2. The Morgan fingerprint density at radius 2 is 1.82 bits per heavy atom. The minimum Gasteiger partial charge on any atom is -0.337 e. The summed E-state index contributed by atoms with van der Waals surface area (Å²) in [6.45, 7) is 5.70. The van der Waals surface area contributed by atoms with E-state index in [9.17, 15) is 9.59 Å². The lowest BCUT2D eigenvalue weighted by Crippen LogP contribution is -2.33. The number of rotatable bonds is 7. The van der Waals surface area contributed by atoms with Gasteiger partial charge in [-0.15, -0.1) is 0 Å². The van der Waals surface area contributed by atoms with E-state index in [0.29, 0.717) is 5.69 Å². The number of carbonyl (C=O) groups excluding carboxylic acids is 1. The molecule has 0 spiro atoms. The Labute approximate surface area is 101 Å². The van der Waals surface area contributed by atoms with Crippen LogP contribution in [0.4, 0.5) is 0 Å². The molecule has 17 heavy (non-hydrogen) atoms. The second kappa shape index (κ2) is 6.93. The Kier molecular flexibility index (Phi) is 5.52. The topological polar surface area (TPSA) is 69.0 Å². The summed E-state index contributed by atoms with van der Waals surface area (Å²) < 4.78 is 0. The number of nitrogens with zero attached hydrogens (tertiary/aromatic N) is 1. The molecule has 1 aromatic rings. The Morgan fingerprint density at radius 1 is 1.24 bits per heavy atom. The minimum absolute atomic E-state index is 0.0924. The molecule has 0 radical (unpaired) electrons. The normalized spacial score (nSPS) is 10.5. The number of amides is 1. The van der Waals surface area contributed by atoms with Crippen LogP contribution in [-0.4, -0.2) is 33.9 Å². The molecule has 0 atom stereocenters. The zero-order valence-corrected chi connectivity index (χ0v) is 10.6. The lowest BCUT2D eigenvalue weighted by molar-refractivity contribution is 0.0745. The van der Waals surface area contributed by atoms with E-state index in [1.165, 1.54) is 6.20 Å². The fourth-order valence-electron chi connectivity index (χ4n) is 1.63. The Bertz CT molecular complexity index is 386. The van der Waals surface area contributed by atoms with Crippen molar-refractivity contribution in [3.63, 3.8) is 0 Å². The molecule has 5 nitrogen and oxygen atoms in total. The quantitative estimate of drug-likeness (QED) is 0.761.